The summed E-state index contributed by atoms with van der Waals surface area (Å²) in [4.78, 5) is 14.4. The van der Waals surface area contributed by atoms with Crippen molar-refractivity contribution in [2.45, 2.75) is 24.7 Å². The Morgan fingerprint density at radius 3 is 2.53 bits per heavy atom. The molecule has 2 rings (SSSR count). The van der Waals surface area contributed by atoms with Crippen LogP contribution in [0.5, 0.6) is 0 Å². The molecule has 0 radical (unpaired) electrons. The Balaban J connectivity index is 2.09. The Labute approximate surface area is 84.8 Å². The summed E-state index contributed by atoms with van der Waals surface area (Å²) in [6, 6.07) is 2.89. The van der Waals surface area contributed by atoms with Crippen molar-refractivity contribution in [3.63, 3.8) is 0 Å². The molecule has 0 unspecified atom stereocenters. The summed E-state index contributed by atoms with van der Waals surface area (Å²) in [7, 11) is 0. The van der Waals surface area contributed by atoms with Crippen molar-refractivity contribution in [3.8, 4) is 0 Å². The molecule has 5 heteroatoms. The van der Waals surface area contributed by atoms with E-state index in [0.29, 0.717) is 5.69 Å². The number of hydrogen-bond donors (Lipinski definition) is 1. The van der Waals surface area contributed by atoms with Gasteiger partial charge in [0, 0.05) is 30.7 Å². The lowest BCUT2D eigenvalue weighted by Gasteiger charge is -2.34. The molecule has 1 aromatic heterocycles. The molecule has 15 heavy (non-hydrogen) atoms. The van der Waals surface area contributed by atoms with E-state index in [1.165, 1.54) is 18.3 Å². The van der Waals surface area contributed by atoms with Gasteiger partial charge in [0.1, 0.15) is 0 Å². The summed E-state index contributed by atoms with van der Waals surface area (Å²) in [6.07, 6.45) is 0.826. The number of nitrogens with zero attached hydrogens (tertiary/aromatic N) is 1. The fourth-order valence-electron chi connectivity index (χ4n) is 1.64. The molecule has 1 N–H and O–H groups in total. The standard InChI is InChI=1S/C10H9F2NO2/c11-10(12)3-7(4-10)8-2-1-6(5-13-8)9(14)15/h1-2,5,7H,3-4H2,(H,14,15). The fourth-order valence-corrected chi connectivity index (χ4v) is 1.64. The molecule has 0 aliphatic heterocycles. The number of aromatic carboxylic acids is 1. The smallest absolute Gasteiger partial charge is 0.337 e. The second kappa shape index (κ2) is 3.25. The van der Waals surface area contributed by atoms with E-state index < -0.39 is 11.9 Å². The number of carboxylic acid groups (broad SMARTS) is 1. The molecule has 1 aliphatic rings. The van der Waals surface area contributed by atoms with Gasteiger partial charge in [-0.1, -0.05) is 0 Å². The first-order chi connectivity index (χ1) is 6.98. The largest absolute Gasteiger partial charge is 0.478 e. The second-order valence-corrected chi connectivity index (χ2v) is 3.74. The highest BCUT2D eigenvalue weighted by molar-refractivity contribution is 5.87. The van der Waals surface area contributed by atoms with E-state index in [0.717, 1.165) is 0 Å². The molecular formula is C10H9F2NO2. The van der Waals surface area contributed by atoms with Crippen LogP contribution in [0.1, 0.15) is 34.8 Å². The van der Waals surface area contributed by atoms with Crippen LogP contribution in [-0.4, -0.2) is 22.0 Å². The van der Waals surface area contributed by atoms with Gasteiger partial charge in [0.05, 0.1) is 5.56 Å². The maximum atomic E-state index is 12.6. The Hall–Kier alpha value is -1.52. The number of carbonyl (C=O) groups is 1. The Bertz CT molecular complexity index is 381. The highest BCUT2D eigenvalue weighted by Crippen LogP contribution is 2.47. The minimum absolute atomic E-state index is 0.0739. The highest BCUT2D eigenvalue weighted by Gasteiger charge is 2.46. The predicted molar refractivity (Wildman–Crippen MR) is 48.1 cm³/mol. The quantitative estimate of drug-likeness (QED) is 0.819. The molecule has 1 aliphatic carbocycles. The highest BCUT2D eigenvalue weighted by atomic mass is 19.3. The van der Waals surface area contributed by atoms with Crippen molar-refractivity contribution < 1.29 is 18.7 Å². The Morgan fingerprint density at radius 2 is 2.13 bits per heavy atom. The average Bonchev–Trinajstić information content (AvgIpc) is 2.14. The van der Waals surface area contributed by atoms with Crippen LogP contribution in [0.2, 0.25) is 0 Å². The molecule has 0 bridgehead atoms. The summed E-state index contributed by atoms with van der Waals surface area (Å²) in [5.41, 5.74) is 0.621. The van der Waals surface area contributed by atoms with Crippen LogP contribution >= 0.6 is 0 Å². The normalized spacial score (nSPS) is 19.6. The third-order valence-electron chi connectivity index (χ3n) is 2.54. The van der Waals surface area contributed by atoms with E-state index in [2.05, 4.69) is 4.98 Å². The minimum Gasteiger partial charge on any atom is -0.478 e. The zero-order chi connectivity index (χ0) is 11.1. The number of aromatic nitrogens is 1. The lowest BCUT2D eigenvalue weighted by Crippen LogP contribution is -2.34. The van der Waals surface area contributed by atoms with Crippen LogP contribution in [0.15, 0.2) is 18.3 Å². The Kier molecular flexibility index (Phi) is 2.17. The van der Waals surface area contributed by atoms with E-state index >= 15 is 0 Å². The summed E-state index contributed by atoms with van der Waals surface area (Å²) >= 11 is 0. The molecule has 1 saturated carbocycles. The third kappa shape index (κ3) is 1.95. The van der Waals surface area contributed by atoms with Crippen molar-refractivity contribution in [1.29, 1.82) is 0 Å². The first-order valence-corrected chi connectivity index (χ1v) is 4.55. The topological polar surface area (TPSA) is 50.2 Å². The van der Waals surface area contributed by atoms with Gasteiger partial charge in [0.15, 0.2) is 0 Å². The molecule has 1 fully saturated rings. The first kappa shape index (κ1) is 10.0. The molecule has 0 spiro atoms. The van der Waals surface area contributed by atoms with Crippen molar-refractivity contribution in [3.05, 3.63) is 29.6 Å². The number of carboxylic acids is 1. The molecule has 80 valence electrons. The van der Waals surface area contributed by atoms with E-state index in [9.17, 15) is 13.6 Å². The number of hydrogen-bond acceptors (Lipinski definition) is 2. The van der Waals surface area contributed by atoms with Crippen molar-refractivity contribution in [1.82, 2.24) is 4.98 Å². The van der Waals surface area contributed by atoms with Crippen molar-refractivity contribution in [2.24, 2.45) is 0 Å². The van der Waals surface area contributed by atoms with Gasteiger partial charge in [0.25, 0.3) is 0 Å². The lowest BCUT2D eigenvalue weighted by atomic mass is 9.79. The van der Waals surface area contributed by atoms with Crippen LogP contribution in [0.3, 0.4) is 0 Å². The van der Waals surface area contributed by atoms with Gasteiger partial charge in [-0.15, -0.1) is 0 Å². The second-order valence-electron chi connectivity index (χ2n) is 3.74. The van der Waals surface area contributed by atoms with Crippen LogP contribution in [0.25, 0.3) is 0 Å². The lowest BCUT2D eigenvalue weighted by molar-refractivity contribution is -0.0876. The zero-order valence-corrected chi connectivity index (χ0v) is 7.78. The molecule has 0 saturated heterocycles. The third-order valence-corrected chi connectivity index (χ3v) is 2.54. The van der Waals surface area contributed by atoms with Crippen LogP contribution in [0, 0.1) is 0 Å². The van der Waals surface area contributed by atoms with Crippen LogP contribution in [0.4, 0.5) is 8.78 Å². The zero-order valence-electron chi connectivity index (χ0n) is 7.78. The monoisotopic (exact) mass is 213 g/mol. The van der Waals surface area contributed by atoms with Gasteiger partial charge in [-0.2, -0.15) is 0 Å². The van der Waals surface area contributed by atoms with Crippen LogP contribution < -0.4 is 0 Å². The summed E-state index contributed by atoms with van der Waals surface area (Å²) in [5, 5.41) is 8.61. The van der Waals surface area contributed by atoms with Gasteiger partial charge in [-0.3, -0.25) is 4.98 Å². The molecule has 0 amide bonds. The summed E-state index contributed by atoms with van der Waals surface area (Å²) in [5.74, 6) is -3.87. The van der Waals surface area contributed by atoms with E-state index in [-0.39, 0.29) is 24.3 Å². The molecule has 1 aromatic rings. The first-order valence-electron chi connectivity index (χ1n) is 4.55. The molecule has 3 nitrogen and oxygen atoms in total. The SMILES string of the molecule is O=C(O)c1ccc(C2CC(F)(F)C2)nc1. The van der Waals surface area contributed by atoms with Gasteiger partial charge in [-0.25, -0.2) is 13.6 Å². The molecule has 0 aromatic carbocycles. The summed E-state index contributed by atoms with van der Waals surface area (Å²) < 4.78 is 25.1. The van der Waals surface area contributed by atoms with E-state index in [1.807, 2.05) is 0 Å². The molecule has 0 atom stereocenters. The van der Waals surface area contributed by atoms with Gasteiger partial charge in [-0.05, 0) is 12.1 Å². The van der Waals surface area contributed by atoms with Gasteiger partial charge < -0.3 is 5.11 Å². The maximum Gasteiger partial charge on any atom is 0.337 e. The minimum atomic E-state index is -2.57. The van der Waals surface area contributed by atoms with Crippen LogP contribution in [-0.2, 0) is 0 Å². The average molecular weight is 213 g/mol. The van der Waals surface area contributed by atoms with E-state index in [4.69, 9.17) is 5.11 Å². The number of rotatable bonds is 2. The number of pyridine rings is 1. The number of alkyl halides is 2. The molecular weight excluding hydrogens is 204 g/mol. The van der Waals surface area contributed by atoms with Crippen molar-refractivity contribution in [2.75, 3.05) is 0 Å². The fraction of sp³-hybridized carbons (Fsp3) is 0.400. The van der Waals surface area contributed by atoms with Gasteiger partial charge >= 0.3 is 5.97 Å². The predicted octanol–water partition coefficient (Wildman–Crippen LogP) is 2.29. The van der Waals surface area contributed by atoms with Crippen molar-refractivity contribution >= 4 is 5.97 Å². The summed E-state index contributed by atoms with van der Waals surface area (Å²) in [6.45, 7) is 0. The van der Waals surface area contributed by atoms with Gasteiger partial charge in [0.2, 0.25) is 5.92 Å². The maximum absolute atomic E-state index is 12.6. The molecule has 1 heterocycles. The number of halogens is 2. The van der Waals surface area contributed by atoms with E-state index in [1.54, 1.807) is 0 Å². The Morgan fingerprint density at radius 1 is 1.47 bits per heavy atom.